The molecular weight excluding hydrogens is 490 g/mol. The number of rotatable bonds is 8. The van der Waals surface area contributed by atoms with E-state index in [0.29, 0.717) is 10.6 Å². The molecule has 12 heteroatoms. The molecule has 1 heterocycles. The highest BCUT2D eigenvalue weighted by Crippen LogP contribution is 2.33. The fraction of sp³-hybridized carbons (Fsp3) is 0.158. The molecule has 31 heavy (non-hydrogen) atoms. The zero-order valence-electron chi connectivity index (χ0n) is 15.6. The Balaban J connectivity index is 1.40. The van der Waals surface area contributed by atoms with Crippen LogP contribution in [0.1, 0.15) is 10.7 Å². The smallest absolute Gasteiger partial charge is 0.316 e. The summed E-state index contributed by atoms with van der Waals surface area (Å²) in [4.78, 5) is 28.0. The molecule has 0 saturated heterocycles. The molecule has 0 radical (unpaired) electrons. The van der Waals surface area contributed by atoms with Crippen molar-refractivity contribution in [2.75, 3.05) is 19.7 Å². The van der Waals surface area contributed by atoms with Crippen LogP contribution in [0.25, 0.3) is 11.4 Å². The number of hydrogen-bond acceptors (Lipinski definition) is 6. The Bertz CT molecular complexity index is 1090. The zero-order chi connectivity index (χ0) is 22.4. The standard InChI is InChI=1S/C19H14Cl4N4O4/c20-11-3-1-10(2-4-11)17-26-19(31-27-17)18(29)25-6-5-24-16(28)9-30-15-8-13(22)12(21)7-14(15)23/h1-4,7-8H,5-6,9H2,(H,24,28)(H,25,29). The largest absolute Gasteiger partial charge is 0.482 e. The number of aromatic nitrogens is 2. The lowest BCUT2D eigenvalue weighted by Crippen LogP contribution is -2.36. The van der Waals surface area contributed by atoms with Crippen LogP contribution in [-0.2, 0) is 4.79 Å². The van der Waals surface area contributed by atoms with Gasteiger partial charge in [-0.25, -0.2) is 0 Å². The van der Waals surface area contributed by atoms with Crippen LogP contribution in [0.15, 0.2) is 40.9 Å². The molecule has 3 rings (SSSR count). The number of hydrogen-bond donors (Lipinski definition) is 2. The van der Waals surface area contributed by atoms with Crippen LogP contribution in [0.4, 0.5) is 0 Å². The van der Waals surface area contributed by atoms with Crippen molar-refractivity contribution < 1.29 is 18.8 Å². The summed E-state index contributed by atoms with van der Waals surface area (Å²) < 4.78 is 10.3. The van der Waals surface area contributed by atoms with E-state index in [1.54, 1.807) is 24.3 Å². The lowest BCUT2D eigenvalue weighted by molar-refractivity contribution is -0.123. The maximum Gasteiger partial charge on any atom is 0.316 e. The molecule has 0 fully saturated rings. The molecule has 0 spiro atoms. The van der Waals surface area contributed by atoms with Gasteiger partial charge in [-0.3, -0.25) is 9.59 Å². The molecule has 3 aromatic rings. The summed E-state index contributed by atoms with van der Waals surface area (Å²) in [7, 11) is 0. The first-order valence-corrected chi connectivity index (χ1v) is 10.3. The van der Waals surface area contributed by atoms with Gasteiger partial charge in [-0.1, -0.05) is 51.6 Å². The summed E-state index contributed by atoms with van der Waals surface area (Å²) in [5, 5.41) is 10.2. The molecule has 0 aliphatic heterocycles. The van der Waals surface area contributed by atoms with Crippen LogP contribution < -0.4 is 15.4 Å². The van der Waals surface area contributed by atoms with Gasteiger partial charge in [0.1, 0.15) is 5.75 Å². The lowest BCUT2D eigenvalue weighted by Gasteiger charge is -2.10. The minimum Gasteiger partial charge on any atom is -0.482 e. The van der Waals surface area contributed by atoms with E-state index in [4.69, 9.17) is 55.7 Å². The summed E-state index contributed by atoms with van der Waals surface area (Å²) in [5.74, 6) is -0.700. The van der Waals surface area contributed by atoms with Crippen molar-refractivity contribution in [3.05, 3.63) is 62.4 Å². The SMILES string of the molecule is O=C(COc1cc(Cl)c(Cl)cc1Cl)NCCNC(=O)c1nc(-c2ccc(Cl)cc2)no1. The number of nitrogens with zero attached hydrogens (tertiary/aromatic N) is 2. The Morgan fingerprint density at radius 2 is 1.61 bits per heavy atom. The first-order chi connectivity index (χ1) is 14.8. The van der Waals surface area contributed by atoms with Crippen LogP contribution >= 0.6 is 46.4 Å². The summed E-state index contributed by atoms with van der Waals surface area (Å²) in [6.07, 6.45) is 0. The molecular formula is C19H14Cl4N4O4. The Hall–Kier alpha value is -2.52. The van der Waals surface area contributed by atoms with E-state index >= 15 is 0 Å². The number of ether oxygens (including phenoxy) is 1. The van der Waals surface area contributed by atoms with Gasteiger partial charge in [0.15, 0.2) is 6.61 Å². The van der Waals surface area contributed by atoms with Gasteiger partial charge in [0, 0.05) is 29.7 Å². The number of benzene rings is 2. The van der Waals surface area contributed by atoms with Gasteiger partial charge in [-0.05, 0) is 30.3 Å². The molecule has 2 aromatic carbocycles. The van der Waals surface area contributed by atoms with E-state index in [9.17, 15) is 9.59 Å². The molecule has 8 nitrogen and oxygen atoms in total. The Morgan fingerprint density at radius 1 is 0.935 bits per heavy atom. The van der Waals surface area contributed by atoms with Crippen molar-refractivity contribution in [3.8, 4) is 17.1 Å². The van der Waals surface area contributed by atoms with Crippen molar-refractivity contribution >= 4 is 58.2 Å². The van der Waals surface area contributed by atoms with Gasteiger partial charge in [0.25, 0.3) is 5.91 Å². The van der Waals surface area contributed by atoms with Crippen molar-refractivity contribution in [1.82, 2.24) is 20.8 Å². The van der Waals surface area contributed by atoms with E-state index in [1.165, 1.54) is 12.1 Å². The van der Waals surface area contributed by atoms with E-state index in [2.05, 4.69) is 20.8 Å². The van der Waals surface area contributed by atoms with E-state index in [-0.39, 0.29) is 52.2 Å². The molecule has 0 saturated carbocycles. The molecule has 1 aromatic heterocycles. The third-order valence-corrected chi connectivity index (χ3v) is 5.06. The molecule has 0 atom stereocenters. The highest BCUT2D eigenvalue weighted by Gasteiger charge is 2.16. The van der Waals surface area contributed by atoms with Crippen LogP contribution in [0, 0.1) is 0 Å². The quantitative estimate of drug-likeness (QED) is 0.351. The van der Waals surface area contributed by atoms with Crippen LogP contribution in [0.3, 0.4) is 0 Å². The third-order valence-electron chi connectivity index (χ3n) is 3.79. The van der Waals surface area contributed by atoms with Crippen LogP contribution in [0.5, 0.6) is 5.75 Å². The number of carbonyl (C=O) groups is 2. The van der Waals surface area contributed by atoms with Gasteiger partial charge < -0.3 is 19.9 Å². The average molecular weight is 504 g/mol. The fourth-order valence-electron chi connectivity index (χ4n) is 2.29. The highest BCUT2D eigenvalue weighted by molar-refractivity contribution is 6.43. The number of halogens is 4. The summed E-state index contributed by atoms with van der Waals surface area (Å²) >= 11 is 23.5. The summed E-state index contributed by atoms with van der Waals surface area (Å²) in [6, 6.07) is 9.60. The molecule has 0 aliphatic carbocycles. The number of carbonyl (C=O) groups excluding carboxylic acids is 2. The minimum atomic E-state index is -0.569. The second kappa shape index (κ2) is 10.7. The lowest BCUT2D eigenvalue weighted by atomic mass is 10.2. The summed E-state index contributed by atoms with van der Waals surface area (Å²) in [5.41, 5.74) is 0.654. The molecule has 2 amide bonds. The van der Waals surface area contributed by atoms with Gasteiger partial charge in [-0.15, -0.1) is 0 Å². The highest BCUT2D eigenvalue weighted by atomic mass is 35.5. The maximum absolute atomic E-state index is 12.1. The van der Waals surface area contributed by atoms with Crippen molar-refractivity contribution in [2.24, 2.45) is 0 Å². The summed E-state index contributed by atoms with van der Waals surface area (Å²) in [6.45, 7) is -0.00226. The number of nitrogens with one attached hydrogen (secondary N) is 2. The van der Waals surface area contributed by atoms with Gasteiger partial charge in [-0.2, -0.15) is 4.98 Å². The average Bonchev–Trinajstić information content (AvgIpc) is 3.23. The normalized spacial score (nSPS) is 10.6. The topological polar surface area (TPSA) is 106 Å². The minimum absolute atomic E-state index is 0.136. The number of amides is 2. The van der Waals surface area contributed by atoms with Crippen molar-refractivity contribution in [2.45, 2.75) is 0 Å². The Morgan fingerprint density at radius 3 is 2.35 bits per heavy atom. The second-order valence-electron chi connectivity index (χ2n) is 6.02. The monoisotopic (exact) mass is 502 g/mol. The predicted molar refractivity (Wildman–Crippen MR) is 117 cm³/mol. The Labute approximate surface area is 196 Å². The third kappa shape index (κ3) is 6.48. The van der Waals surface area contributed by atoms with Crippen molar-refractivity contribution in [1.29, 1.82) is 0 Å². The predicted octanol–water partition coefficient (Wildman–Crippen LogP) is 4.28. The molecule has 0 bridgehead atoms. The van der Waals surface area contributed by atoms with Crippen molar-refractivity contribution in [3.63, 3.8) is 0 Å². The first kappa shape index (κ1) is 23.1. The Kier molecular flexibility index (Phi) is 7.97. The molecule has 0 aliphatic rings. The van der Waals surface area contributed by atoms with Gasteiger partial charge >= 0.3 is 11.8 Å². The second-order valence-corrected chi connectivity index (χ2v) is 7.68. The molecule has 0 unspecified atom stereocenters. The molecule has 162 valence electrons. The van der Waals surface area contributed by atoms with E-state index in [0.717, 1.165) is 0 Å². The van der Waals surface area contributed by atoms with Crippen LogP contribution in [-0.4, -0.2) is 41.7 Å². The van der Waals surface area contributed by atoms with E-state index in [1.807, 2.05) is 0 Å². The van der Waals surface area contributed by atoms with Gasteiger partial charge in [0.2, 0.25) is 5.82 Å². The van der Waals surface area contributed by atoms with E-state index < -0.39 is 11.8 Å². The molecule has 2 N–H and O–H groups in total. The van der Waals surface area contributed by atoms with Gasteiger partial charge in [0.05, 0.1) is 15.1 Å². The zero-order valence-corrected chi connectivity index (χ0v) is 18.6. The maximum atomic E-state index is 12.1. The first-order valence-electron chi connectivity index (χ1n) is 8.75. The fourth-order valence-corrected chi connectivity index (χ4v) is 3.01. The van der Waals surface area contributed by atoms with Crippen LogP contribution in [0.2, 0.25) is 20.1 Å².